The Morgan fingerprint density at radius 1 is 1.33 bits per heavy atom. The van der Waals surface area contributed by atoms with Gasteiger partial charge in [-0.05, 0) is 25.5 Å². The molecule has 2 atom stereocenters. The van der Waals surface area contributed by atoms with Gasteiger partial charge in [-0.2, -0.15) is 0 Å². The zero-order valence-corrected chi connectivity index (χ0v) is 16.5. The molecule has 0 radical (unpaired) electrons. The van der Waals surface area contributed by atoms with Crippen LogP contribution in [0, 0.1) is 0 Å². The van der Waals surface area contributed by atoms with Crippen LogP contribution in [-0.2, 0) is 19.4 Å². The van der Waals surface area contributed by atoms with Gasteiger partial charge in [0.05, 0.1) is 22.6 Å². The maximum atomic E-state index is 12.6. The summed E-state index contributed by atoms with van der Waals surface area (Å²) < 4.78 is 28.6. The van der Waals surface area contributed by atoms with Crippen LogP contribution in [0.5, 0.6) is 0 Å². The number of carbonyl (C=O) groups is 2. The average molecular weight is 411 g/mol. The number of para-hydroxylation sites is 1. The summed E-state index contributed by atoms with van der Waals surface area (Å²) in [6.07, 6.45) is -0.674. The number of likely N-dealkylation sites (N-methyl/N-ethyl adjacent to an activating group) is 1. The second kappa shape index (κ2) is 7.44. The van der Waals surface area contributed by atoms with Crippen LogP contribution in [0.1, 0.15) is 23.7 Å². The summed E-state index contributed by atoms with van der Waals surface area (Å²) in [5.74, 6) is -1.15. The summed E-state index contributed by atoms with van der Waals surface area (Å²) in [6, 6.07) is 7.98. The number of carbonyl (C=O) groups excluding carboxylic acids is 2. The molecular formula is C18H19ClN2O5S. The quantitative estimate of drug-likeness (QED) is 0.565. The number of fused-ring (bicyclic) bond motifs is 1. The number of rotatable bonds is 4. The smallest absolute Gasteiger partial charge is 0.339 e. The van der Waals surface area contributed by atoms with Crippen LogP contribution in [-0.4, -0.2) is 60.9 Å². The Labute approximate surface area is 162 Å². The van der Waals surface area contributed by atoms with Crippen molar-refractivity contribution in [1.82, 2.24) is 9.88 Å². The van der Waals surface area contributed by atoms with E-state index < -0.39 is 33.9 Å². The van der Waals surface area contributed by atoms with Crippen LogP contribution in [0.15, 0.2) is 30.3 Å². The van der Waals surface area contributed by atoms with Gasteiger partial charge in [-0.1, -0.05) is 29.8 Å². The highest BCUT2D eigenvalue weighted by Gasteiger charge is 2.35. The molecule has 0 aliphatic carbocycles. The molecule has 1 amide bonds. The molecule has 7 nitrogen and oxygen atoms in total. The van der Waals surface area contributed by atoms with E-state index in [1.165, 1.54) is 24.9 Å². The molecule has 2 heterocycles. The third kappa shape index (κ3) is 4.22. The molecule has 144 valence electrons. The standard InChI is InChI=1S/C18H19ClN2O5S/c1-11(17(22)21(2)12-7-8-27(24,25)10-12)26-18(23)14-9-16(19)20-15-6-4-3-5-13(14)15/h3-6,9,11-12H,7-8,10H2,1-2H3/t11-,12+/m0/s1. The van der Waals surface area contributed by atoms with Gasteiger partial charge in [0.1, 0.15) is 5.15 Å². The van der Waals surface area contributed by atoms with Gasteiger partial charge in [-0.3, -0.25) is 4.79 Å². The van der Waals surface area contributed by atoms with Gasteiger partial charge in [0.2, 0.25) is 0 Å². The van der Waals surface area contributed by atoms with Gasteiger partial charge in [0.25, 0.3) is 5.91 Å². The van der Waals surface area contributed by atoms with Crippen molar-refractivity contribution in [1.29, 1.82) is 0 Å². The lowest BCUT2D eigenvalue weighted by molar-refractivity contribution is -0.140. The van der Waals surface area contributed by atoms with Gasteiger partial charge in [0.15, 0.2) is 15.9 Å². The van der Waals surface area contributed by atoms with Gasteiger partial charge in [-0.15, -0.1) is 0 Å². The molecule has 1 aliphatic heterocycles. The van der Waals surface area contributed by atoms with Gasteiger partial charge in [0, 0.05) is 18.5 Å². The molecule has 27 heavy (non-hydrogen) atoms. The fourth-order valence-electron chi connectivity index (χ4n) is 3.13. The molecule has 1 aromatic carbocycles. The van der Waals surface area contributed by atoms with Crippen molar-refractivity contribution in [2.75, 3.05) is 18.6 Å². The predicted octanol–water partition coefficient (Wildman–Crippen LogP) is 2.08. The van der Waals surface area contributed by atoms with Crippen LogP contribution in [0.25, 0.3) is 10.9 Å². The second-order valence-electron chi connectivity index (χ2n) is 6.56. The molecule has 1 fully saturated rings. The lowest BCUT2D eigenvalue weighted by Crippen LogP contribution is -2.44. The van der Waals surface area contributed by atoms with Crippen molar-refractivity contribution in [3.05, 3.63) is 41.0 Å². The Bertz CT molecular complexity index is 1010. The zero-order valence-electron chi connectivity index (χ0n) is 14.9. The number of sulfone groups is 1. The van der Waals surface area contributed by atoms with E-state index in [0.717, 1.165) is 0 Å². The molecule has 1 aromatic heterocycles. The van der Waals surface area contributed by atoms with Crippen molar-refractivity contribution in [3.8, 4) is 0 Å². The fourth-order valence-corrected chi connectivity index (χ4v) is 5.11. The average Bonchev–Trinajstić information content (AvgIpc) is 2.99. The molecule has 0 N–H and O–H groups in total. The zero-order chi connectivity index (χ0) is 19.8. The molecule has 9 heteroatoms. The van der Waals surface area contributed by atoms with E-state index in [2.05, 4.69) is 4.98 Å². The first-order valence-electron chi connectivity index (χ1n) is 8.41. The number of aromatic nitrogens is 1. The third-order valence-corrected chi connectivity index (χ3v) is 6.58. The lowest BCUT2D eigenvalue weighted by Gasteiger charge is -2.26. The number of ether oxygens (including phenoxy) is 1. The van der Waals surface area contributed by atoms with E-state index in [-0.39, 0.29) is 22.2 Å². The molecule has 1 aliphatic rings. The number of halogens is 1. The van der Waals surface area contributed by atoms with Crippen LogP contribution in [0.3, 0.4) is 0 Å². The topological polar surface area (TPSA) is 93.6 Å². The van der Waals surface area contributed by atoms with Crippen LogP contribution in [0.2, 0.25) is 5.15 Å². The number of hydrogen-bond donors (Lipinski definition) is 0. The number of hydrogen-bond acceptors (Lipinski definition) is 6. The van der Waals surface area contributed by atoms with Crippen molar-refractivity contribution in [2.24, 2.45) is 0 Å². The minimum Gasteiger partial charge on any atom is -0.449 e. The van der Waals surface area contributed by atoms with E-state index in [1.807, 2.05) is 0 Å². The normalized spacial score (nSPS) is 19.6. The highest BCUT2D eigenvalue weighted by atomic mass is 35.5. The first-order chi connectivity index (χ1) is 12.7. The Kier molecular flexibility index (Phi) is 5.39. The Balaban J connectivity index is 1.75. The van der Waals surface area contributed by atoms with E-state index in [1.54, 1.807) is 24.3 Å². The van der Waals surface area contributed by atoms with Crippen LogP contribution < -0.4 is 0 Å². The van der Waals surface area contributed by atoms with Crippen LogP contribution in [0.4, 0.5) is 0 Å². The minimum atomic E-state index is -3.12. The number of pyridine rings is 1. The summed E-state index contributed by atoms with van der Waals surface area (Å²) in [4.78, 5) is 30.7. The van der Waals surface area contributed by atoms with Crippen molar-refractivity contribution in [3.63, 3.8) is 0 Å². The third-order valence-electron chi connectivity index (χ3n) is 4.64. The van der Waals surface area contributed by atoms with Crippen molar-refractivity contribution < 1.29 is 22.7 Å². The second-order valence-corrected chi connectivity index (χ2v) is 9.18. The first-order valence-corrected chi connectivity index (χ1v) is 10.6. The summed E-state index contributed by atoms with van der Waals surface area (Å²) in [7, 11) is -1.59. The molecule has 0 spiro atoms. The number of nitrogens with zero attached hydrogens (tertiary/aromatic N) is 2. The first kappa shape index (κ1) is 19.6. The van der Waals surface area contributed by atoms with Gasteiger partial charge in [-0.25, -0.2) is 18.2 Å². The Morgan fingerprint density at radius 3 is 2.70 bits per heavy atom. The van der Waals surface area contributed by atoms with E-state index in [9.17, 15) is 18.0 Å². The molecular weight excluding hydrogens is 392 g/mol. The minimum absolute atomic E-state index is 0.0605. The molecule has 0 unspecified atom stereocenters. The summed E-state index contributed by atoms with van der Waals surface area (Å²) in [5.41, 5.74) is 0.764. The Morgan fingerprint density at radius 2 is 2.04 bits per heavy atom. The van der Waals surface area contributed by atoms with Gasteiger partial charge < -0.3 is 9.64 Å². The summed E-state index contributed by atoms with van der Waals surface area (Å²) in [5, 5.41) is 0.717. The fraction of sp³-hybridized carbons (Fsp3) is 0.389. The van der Waals surface area contributed by atoms with E-state index in [0.29, 0.717) is 17.3 Å². The number of esters is 1. The Hall–Kier alpha value is -2.19. The highest BCUT2D eigenvalue weighted by Crippen LogP contribution is 2.23. The van der Waals surface area contributed by atoms with E-state index >= 15 is 0 Å². The molecule has 0 saturated carbocycles. The predicted molar refractivity (Wildman–Crippen MR) is 101 cm³/mol. The van der Waals surface area contributed by atoms with Crippen molar-refractivity contribution >= 4 is 44.2 Å². The van der Waals surface area contributed by atoms with Crippen molar-refractivity contribution in [2.45, 2.75) is 25.5 Å². The number of amides is 1. The highest BCUT2D eigenvalue weighted by molar-refractivity contribution is 7.91. The SMILES string of the molecule is C[C@H](OC(=O)c1cc(Cl)nc2ccccc12)C(=O)N(C)[C@@H]1CCS(=O)(=O)C1. The lowest BCUT2D eigenvalue weighted by atomic mass is 10.1. The van der Waals surface area contributed by atoms with Gasteiger partial charge >= 0.3 is 5.97 Å². The maximum Gasteiger partial charge on any atom is 0.339 e. The largest absolute Gasteiger partial charge is 0.449 e. The molecule has 1 saturated heterocycles. The molecule has 3 rings (SSSR count). The monoisotopic (exact) mass is 410 g/mol. The summed E-state index contributed by atoms with van der Waals surface area (Å²) >= 11 is 5.98. The number of benzene rings is 1. The maximum absolute atomic E-state index is 12.6. The molecule has 2 aromatic rings. The summed E-state index contributed by atoms with van der Waals surface area (Å²) in [6.45, 7) is 1.46. The molecule has 0 bridgehead atoms. The van der Waals surface area contributed by atoms with E-state index in [4.69, 9.17) is 16.3 Å². The van der Waals surface area contributed by atoms with Crippen LogP contribution >= 0.6 is 11.6 Å².